The number of quaternary nitrogens is 1. The van der Waals surface area contributed by atoms with Crippen molar-refractivity contribution in [3.63, 3.8) is 0 Å². The third-order valence-corrected chi connectivity index (χ3v) is 8.06. The van der Waals surface area contributed by atoms with Crippen molar-refractivity contribution in [1.82, 2.24) is 9.62 Å². The van der Waals surface area contributed by atoms with E-state index in [1.807, 2.05) is 29.2 Å². The SMILES string of the molecule is CC(=O)N1CC[NH+]([C@H]2c3cccc4cccc(c34)[C@H]2NS(=O)(=O)c2ccccc2)CC1. The predicted molar refractivity (Wildman–Crippen MR) is 119 cm³/mol. The summed E-state index contributed by atoms with van der Waals surface area (Å²) in [6.45, 7) is 4.56. The first-order valence-electron chi connectivity index (χ1n) is 10.6. The van der Waals surface area contributed by atoms with Crippen molar-refractivity contribution in [3.05, 3.63) is 77.9 Å². The second-order valence-corrected chi connectivity index (χ2v) is 10.1. The van der Waals surface area contributed by atoms with E-state index >= 15 is 0 Å². The number of nitrogens with one attached hydrogen (secondary N) is 2. The zero-order valence-electron chi connectivity index (χ0n) is 17.4. The number of carbonyl (C=O) groups is 1. The van der Waals surface area contributed by atoms with Gasteiger partial charge in [-0.1, -0.05) is 54.6 Å². The largest absolute Gasteiger partial charge is 0.332 e. The van der Waals surface area contributed by atoms with Crippen LogP contribution in [0.25, 0.3) is 10.8 Å². The van der Waals surface area contributed by atoms with Crippen LogP contribution < -0.4 is 9.62 Å². The molecule has 1 aliphatic carbocycles. The first-order chi connectivity index (χ1) is 15.0. The lowest BCUT2D eigenvalue weighted by Crippen LogP contribution is -3.15. The molecule has 0 radical (unpaired) electrons. The number of sulfonamides is 1. The molecule has 1 amide bonds. The fourth-order valence-electron chi connectivity index (χ4n) is 5.12. The maximum Gasteiger partial charge on any atom is 0.241 e. The summed E-state index contributed by atoms with van der Waals surface area (Å²) < 4.78 is 29.5. The molecule has 3 aromatic carbocycles. The van der Waals surface area contributed by atoms with Gasteiger partial charge < -0.3 is 9.80 Å². The van der Waals surface area contributed by atoms with Crippen LogP contribution in [-0.2, 0) is 14.8 Å². The molecule has 0 bridgehead atoms. The van der Waals surface area contributed by atoms with Crippen molar-refractivity contribution < 1.29 is 18.1 Å². The Bertz CT molecular complexity index is 1230. The molecule has 1 aliphatic heterocycles. The van der Waals surface area contributed by atoms with Gasteiger partial charge in [-0.3, -0.25) is 4.79 Å². The minimum absolute atomic E-state index is 0.0336. The van der Waals surface area contributed by atoms with Gasteiger partial charge in [-0.25, -0.2) is 8.42 Å². The second-order valence-electron chi connectivity index (χ2n) is 8.35. The summed E-state index contributed by atoms with van der Waals surface area (Å²) in [7, 11) is -3.68. The summed E-state index contributed by atoms with van der Waals surface area (Å²) >= 11 is 0. The summed E-state index contributed by atoms with van der Waals surface area (Å²) in [6, 6.07) is 20.5. The van der Waals surface area contributed by atoms with E-state index in [2.05, 4.69) is 22.9 Å². The molecule has 1 saturated heterocycles. The molecule has 1 fully saturated rings. The Balaban J connectivity index is 1.55. The number of amides is 1. The highest BCUT2D eigenvalue weighted by Gasteiger charge is 2.44. The van der Waals surface area contributed by atoms with Crippen LogP contribution in [0.4, 0.5) is 0 Å². The second kappa shape index (κ2) is 7.75. The van der Waals surface area contributed by atoms with Gasteiger partial charge in [-0.05, 0) is 28.5 Å². The van der Waals surface area contributed by atoms with E-state index in [0.717, 1.165) is 29.4 Å². The molecule has 5 rings (SSSR count). The first-order valence-corrected chi connectivity index (χ1v) is 12.1. The van der Waals surface area contributed by atoms with E-state index in [4.69, 9.17) is 0 Å². The van der Waals surface area contributed by atoms with Gasteiger partial charge in [0, 0.05) is 12.5 Å². The van der Waals surface area contributed by atoms with Crippen molar-refractivity contribution in [2.24, 2.45) is 0 Å². The van der Waals surface area contributed by atoms with Gasteiger partial charge >= 0.3 is 0 Å². The number of nitrogens with zero attached hydrogens (tertiary/aromatic N) is 1. The lowest BCUT2D eigenvalue weighted by atomic mass is 10.0. The Kier molecular flexibility index (Phi) is 5.04. The molecule has 1 heterocycles. The normalized spacial score (nSPS) is 21.5. The zero-order chi connectivity index (χ0) is 21.6. The molecule has 0 saturated carbocycles. The zero-order valence-corrected chi connectivity index (χ0v) is 18.2. The lowest BCUT2D eigenvalue weighted by molar-refractivity contribution is -0.937. The molecular formula is C24H26N3O3S+. The highest BCUT2D eigenvalue weighted by molar-refractivity contribution is 7.89. The van der Waals surface area contributed by atoms with E-state index in [0.29, 0.717) is 13.1 Å². The number of hydrogen-bond donors (Lipinski definition) is 2. The van der Waals surface area contributed by atoms with Gasteiger partial charge in [-0.15, -0.1) is 0 Å². The van der Waals surface area contributed by atoms with Crippen LogP contribution in [0.1, 0.15) is 30.1 Å². The Morgan fingerprint density at radius 3 is 2.23 bits per heavy atom. The first kappa shape index (κ1) is 20.2. The molecule has 0 spiro atoms. The van der Waals surface area contributed by atoms with Crippen LogP contribution in [-0.4, -0.2) is 45.4 Å². The summed E-state index contributed by atoms with van der Waals surface area (Å²) in [6.07, 6.45) is 0. The van der Waals surface area contributed by atoms with E-state index in [1.54, 1.807) is 31.2 Å². The molecule has 0 aromatic heterocycles. The van der Waals surface area contributed by atoms with Gasteiger partial charge in [0.05, 0.1) is 31.1 Å². The Morgan fingerprint density at radius 2 is 1.58 bits per heavy atom. The van der Waals surface area contributed by atoms with Gasteiger partial charge in [0.15, 0.2) is 0 Å². The van der Waals surface area contributed by atoms with Crippen molar-refractivity contribution in [2.75, 3.05) is 26.2 Å². The molecule has 31 heavy (non-hydrogen) atoms. The average Bonchev–Trinajstić information content (AvgIpc) is 3.09. The van der Waals surface area contributed by atoms with E-state index in [9.17, 15) is 13.2 Å². The van der Waals surface area contributed by atoms with E-state index in [1.165, 1.54) is 10.5 Å². The molecule has 2 N–H and O–H groups in total. The standard InChI is InChI=1S/C24H25N3O3S/c1-17(28)26-13-15-27(16-14-26)24-21-12-6-8-18-7-5-11-20(22(18)21)23(24)25-31(29,30)19-9-3-2-4-10-19/h2-12,23-25H,13-16H2,1H3/p+1/t23-,24+/m1/s1. The average molecular weight is 437 g/mol. The molecule has 2 atom stereocenters. The molecule has 2 aliphatic rings. The van der Waals surface area contributed by atoms with Gasteiger partial charge in [-0.2, -0.15) is 4.72 Å². The lowest BCUT2D eigenvalue weighted by Gasteiger charge is -2.37. The van der Waals surface area contributed by atoms with Crippen LogP contribution in [0, 0.1) is 0 Å². The Labute approximate surface area is 182 Å². The Hall–Kier alpha value is -2.74. The number of rotatable bonds is 4. The molecule has 0 unspecified atom stereocenters. The van der Waals surface area contributed by atoms with Crippen LogP contribution in [0.5, 0.6) is 0 Å². The molecule has 7 heteroatoms. The van der Waals surface area contributed by atoms with Crippen molar-refractivity contribution in [1.29, 1.82) is 0 Å². The highest BCUT2D eigenvalue weighted by Crippen LogP contribution is 2.43. The minimum atomic E-state index is -3.68. The van der Waals surface area contributed by atoms with Crippen molar-refractivity contribution in [3.8, 4) is 0 Å². The fourth-order valence-corrected chi connectivity index (χ4v) is 6.37. The molecule has 6 nitrogen and oxygen atoms in total. The third-order valence-electron chi connectivity index (χ3n) is 6.60. The smallest absolute Gasteiger partial charge is 0.241 e. The van der Waals surface area contributed by atoms with E-state index < -0.39 is 10.0 Å². The highest BCUT2D eigenvalue weighted by atomic mass is 32.2. The molecular weight excluding hydrogens is 410 g/mol. The van der Waals surface area contributed by atoms with Gasteiger partial charge in [0.1, 0.15) is 12.1 Å². The predicted octanol–water partition coefficient (Wildman–Crippen LogP) is 1.66. The van der Waals surface area contributed by atoms with Crippen molar-refractivity contribution >= 4 is 26.7 Å². The number of carbonyl (C=O) groups excluding carboxylic acids is 1. The maximum atomic E-state index is 13.3. The maximum absolute atomic E-state index is 13.3. The number of benzene rings is 3. The quantitative estimate of drug-likeness (QED) is 0.654. The van der Waals surface area contributed by atoms with Gasteiger partial charge in [0.2, 0.25) is 15.9 Å². The third kappa shape index (κ3) is 3.52. The van der Waals surface area contributed by atoms with Crippen LogP contribution in [0.3, 0.4) is 0 Å². The molecule has 160 valence electrons. The number of hydrogen-bond acceptors (Lipinski definition) is 3. The topological polar surface area (TPSA) is 70.9 Å². The summed E-state index contributed by atoms with van der Waals surface area (Å²) in [5.74, 6) is 0.0946. The summed E-state index contributed by atoms with van der Waals surface area (Å²) in [4.78, 5) is 15.2. The van der Waals surface area contributed by atoms with Crippen molar-refractivity contribution in [2.45, 2.75) is 23.9 Å². The number of piperazine rings is 1. The van der Waals surface area contributed by atoms with Crippen LogP contribution in [0.2, 0.25) is 0 Å². The van der Waals surface area contributed by atoms with Crippen LogP contribution >= 0.6 is 0 Å². The molecule has 3 aromatic rings. The van der Waals surface area contributed by atoms with E-state index in [-0.39, 0.29) is 22.9 Å². The Morgan fingerprint density at radius 1 is 0.935 bits per heavy atom. The van der Waals surface area contributed by atoms with Gasteiger partial charge in [0.25, 0.3) is 0 Å². The fraction of sp³-hybridized carbons (Fsp3) is 0.292. The monoisotopic (exact) mass is 436 g/mol. The minimum Gasteiger partial charge on any atom is -0.332 e. The summed E-state index contributed by atoms with van der Waals surface area (Å²) in [5.41, 5.74) is 2.21. The van der Waals surface area contributed by atoms with Crippen LogP contribution in [0.15, 0.2) is 71.6 Å². The summed E-state index contributed by atoms with van der Waals surface area (Å²) in [5, 5.41) is 2.28.